The summed E-state index contributed by atoms with van der Waals surface area (Å²) < 4.78 is 13.9. The van der Waals surface area contributed by atoms with Crippen molar-refractivity contribution in [3.63, 3.8) is 0 Å². The Morgan fingerprint density at radius 1 is 1.42 bits per heavy atom. The number of amides is 1. The van der Waals surface area contributed by atoms with E-state index in [4.69, 9.17) is 5.73 Å². The topological polar surface area (TPSA) is 55.1 Å². The molecule has 1 amide bonds. The summed E-state index contributed by atoms with van der Waals surface area (Å²) in [7, 11) is 0. The van der Waals surface area contributed by atoms with Gasteiger partial charge >= 0.3 is 0 Å². The number of hydrogen-bond donors (Lipinski definition) is 2. The lowest BCUT2D eigenvalue weighted by atomic mass is 10.1. The van der Waals surface area contributed by atoms with E-state index >= 15 is 0 Å². The van der Waals surface area contributed by atoms with Gasteiger partial charge < -0.3 is 11.1 Å². The summed E-state index contributed by atoms with van der Waals surface area (Å²) in [6.45, 7) is 5.67. The second-order valence-corrected chi connectivity index (χ2v) is 5.07. The van der Waals surface area contributed by atoms with Gasteiger partial charge in [0.2, 0.25) is 0 Å². The van der Waals surface area contributed by atoms with Crippen molar-refractivity contribution in [3.05, 3.63) is 29.1 Å². The van der Waals surface area contributed by atoms with Gasteiger partial charge in [-0.2, -0.15) is 0 Å². The number of nitrogens with one attached hydrogen (secondary N) is 1. The Labute approximate surface area is 114 Å². The number of halogens is 1. The molecule has 0 aromatic heterocycles. The second-order valence-electron chi connectivity index (χ2n) is 5.07. The summed E-state index contributed by atoms with van der Waals surface area (Å²) in [6.07, 6.45) is 4.26. The maximum absolute atomic E-state index is 13.9. The zero-order chi connectivity index (χ0) is 14.4. The van der Waals surface area contributed by atoms with Crippen LogP contribution in [0.3, 0.4) is 0 Å². The van der Waals surface area contributed by atoms with Crippen LogP contribution in [-0.4, -0.2) is 11.9 Å². The minimum atomic E-state index is -0.493. The summed E-state index contributed by atoms with van der Waals surface area (Å²) in [5, 5.41) is 2.82. The average molecular weight is 266 g/mol. The smallest absolute Gasteiger partial charge is 0.254 e. The largest absolute Gasteiger partial charge is 0.399 e. The van der Waals surface area contributed by atoms with Gasteiger partial charge in [0, 0.05) is 11.7 Å². The highest BCUT2D eigenvalue weighted by atomic mass is 19.1. The number of carbonyl (C=O) groups is 1. The second kappa shape index (κ2) is 7.12. The minimum Gasteiger partial charge on any atom is -0.399 e. The first-order valence-corrected chi connectivity index (χ1v) is 6.82. The molecule has 1 aromatic rings. The molecule has 0 aliphatic carbocycles. The maximum atomic E-state index is 13.9. The fourth-order valence-corrected chi connectivity index (χ4v) is 2.04. The molecule has 1 aromatic carbocycles. The molecule has 0 aliphatic heterocycles. The van der Waals surface area contributed by atoms with E-state index in [1.54, 1.807) is 6.92 Å². The monoisotopic (exact) mass is 266 g/mol. The maximum Gasteiger partial charge on any atom is 0.254 e. The van der Waals surface area contributed by atoms with Gasteiger partial charge in [-0.1, -0.05) is 26.2 Å². The number of carbonyl (C=O) groups excluding carboxylic acids is 1. The Bertz CT molecular complexity index is 446. The Morgan fingerprint density at radius 3 is 2.74 bits per heavy atom. The standard InChI is InChI=1S/C15H23FN2O/c1-4-5-6-7-11(3)18-15(19)13-9-12(17)8-10(2)14(13)16/h8-9,11H,4-7,17H2,1-3H3,(H,18,19). The molecule has 0 heterocycles. The van der Waals surface area contributed by atoms with Crippen LogP contribution in [-0.2, 0) is 0 Å². The molecule has 19 heavy (non-hydrogen) atoms. The third-order valence-corrected chi connectivity index (χ3v) is 3.14. The molecule has 0 bridgehead atoms. The van der Waals surface area contributed by atoms with Gasteiger partial charge in [0.1, 0.15) is 5.82 Å². The summed E-state index contributed by atoms with van der Waals surface area (Å²) >= 11 is 0. The van der Waals surface area contributed by atoms with Crippen molar-refractivity contribution in [2.45, 2.75) is 52.5 Å². The van der Waals surface area contributed by atoms with Crippen LogP contribution in [0, 0.1) is 12.7 Å². The fourth-order valence-electron chi connectivity index (χ4n) is 2.04. The molecule has 3 N–H and O–H groups in total. The van der Waals surface area contributed by atoms with Crippen LogP contribution < -0.4 is 11.1 Å². The molecule has 1 rings (SSSR count). The van der Waals surface area contributed by atoms with Crippen LogP contribution in [0.5, 0.6) is 0 Å². The van der Waals surface area contributed by atoms with Gasteiger partial charge in [0.15, 0.2) is 0 Å². The lowest BCUT2D eigenvalue weighted by Crippen LogP contribution is -2.33. The highest BCUT2D eigenvalue weighted by molar-refractivity contribution is 5.95. The highest BCUT2D eigenvalue weighted by Gasteiger charge is 2.16. The Balaban J connectivity index is 2.68. The number of hydrogen-bond acceptors (Lipinski definition) is 2. The van der Waals surface area contributed by atoms with E-state index in [2.05, 4.69) is 12.2 Å². The lowest BCUT2D eigenvalue weighted by Gasteiger charge is -2.15. The van der Waals surface area contributed by atoms with Gasteiger partial charge in [0.05, 0.1) is 5.56 Å². The lowest BCUT2D eigenvalue weighted by molar-refractivity contribution is 0.0933. The first-order valence-electron chi connectivity index (χ1n) is 6.82. The molecule has 4 heteroatoms. The fraction of sp³-hybridized carbons (Fsp3) is 0.533. The average Bonchev–Trinajstić information content (AvgIpc) is 2.33. The van der Waals surface area contributed by atoms with E-state index in [9.17, 15) is 9.18 Å². The molecule has 0 saturated heterocycles. The number of nitrogens with two attached hydrogens (primary N) is 1. The van der Waals surface area contributed by atoms with Gasteiger partial charge in [-0.15, -0.1) is 0 Å². The number of rotatable bonds is 6. The molecule has 1 atom stereocenters. The van der Waals surface area contributed by atoms with Crippen molar-refractivity contribution in [2.75, 3.05) is 5.73 Å². The van der Waals surface area contributed by atoms with Crippen LogP contribution in [0.15, 0.2) is 12.1 Å². The van der Waals surface area contributed by atoms with Crippen LogP contribution in [0.25, 0.3) is 0 Å². The molecule has 106 valence electrons. The van der Waals surface area contributed by atoms with E-state index in [0.29, 0.717) is 11.3 Å². The molecular weight excluding hydrogens is 243 g/mol. The number of aryl methyl sites for hydroxylation is 1. The molecule has 3 nitrogen and oxygen atoms in total. The highest BCUT2D eigenvalue weighted by Crippen LogP contribution is 2.17. The van der Waals surface area contributed by atoms with Crippen molar-refractivity contribution >= 4 is 11.6 Å². The molecule has 0 radical (unpaired) electrons. The van der Waals surface area contributed by atoms with Crippen molar-refractivity contribution in [1.82, 2.24) is 5.32 Å². The van der Waals surface area contributed by atoms with Gasteiger partial charge in [-0.3, -0.25) is 4.79 Å². The third kappa shape index (κ3) is 4.54. The summed E-state index contributed by atoms with van der Waals surface area (Å²) in [5.41, 5.74) is 6.47. The van der Waals surface area contributed by atoms with E-state index in [-0.39, 0.29) is 11.6 Å². The Kier molecular flexibility index (Phi) is 5.80. The van der Waals surface area contributed by atoms with Crippen LogP contribution in [0.4, 0.5) is 10.1 Å². The van der Waals surface area contributed by atoms with Crippen LogP contribution in [0.1, 0.15) is 55.5 Å². The summed E-state index contributed by atoms with van der Waals surface area (Å²) in [4.78, 5) is 12.0. The summed E-state index contributed by atoms with van der Waals surface area (Å²) in [5.74, 6) is -0.885. The van der Waals surface area contributed by atoms with Crippen molar-refractivity contribution in [2.24, 2.45) is 0 Å². The number of unbranched alkanes of at least 4 members (excludes halogenated alkanes) is 2. The molecule has 1 unspecified atom stereocenters. The first kappa shape index (κ1) is 15.5. The molecule has 0 fully saturated rings. The Morgan fingerprint density at radius 2 is 2.11 bits per heavy atom. The van der Waals surface area contributed by atoms with Crippen molar-refractivity contribution in [3.8, 4) is 0 Å². The van der Waals surface area contributed by atoms with Crippen molar-refractivity contribution in [1.29, 1.82) is 0 Å². The normalized spacial score (nSPS) is 12.2. The molecular formula is C15H23FN2O. The number of benzene rings is 1. The first-order chi connectivity index (χ1) is 8.95. The molecule has 0 aliphatic rings. The number of nitrogen functional groups attached to an aromatic ring is 1. The SMILES string of the molecule is CCCCCC(C)NC(=O)c1cc(N)cc(C)c1F. The molecule has 0 saturated carbocycles. The minimum absolute atomic E-state index is 0.0276. The Hall–Kier alpha value is -1.58. The van der Waals surface area contributed by atoms with E-state index in [1.807, 2.05) is 6.92 Å². The quantitative estimate of drug-likeness (QED) is 0.612. The van der Waals surface area contributed by atoms with Gasteiger partial charge in [-0.05, 0) is 38.0 Å². The van der Waals surface area contributed by atoms with Crippen LogP contribution in [0.2, 0.25) is 0 Å². The van der Waals surface area contributed by atoms with E-state index < -0.39 is 11.7 Å². The van der Waals surface area contributed by atoms with E-state index in [0.717, 1.165) is 25.7 Å². The predicted octanol–water partition coefficient (Wildman–Crippen LogP) is 3.41. The number of anilines is 1. The third-order valence-electron chi connectivity index (χ3n) is 3.14. The van der Waals surface area contributed by atoms with Gasteiger partial charge in [0.25, 0.3) is 5.91 Å². The zero-order valence-electron chi connectivity index (χ0n) is 11.9. The van der Waals surface area contributed by atoms with Gasteiger partial charge in [-0.25, -0.2) is 4.39 Å². The predicted molar refractivity (Wildman–Crippen MR) is 76.6 cm³/mol. The summed E-state index contributed by atoms with van der Waals surface area (Å²) in [6, 6.07) is 2.95. The molecule has 0 spiro atoms. The van der Waals surface area contributed by atoms with Crippen LogP contribution >= 0.6 is 0 Å². The van der Waals surface area contributed by atoms with Crippen molar-refractivity contribution < 1.29 is 9.18 Å². The zero-order valence-corrected chi connectivity index (χ0v) is 11.9. The van der Waals surface area contributed by atoms with E-state index in [1.165, 1.54) is 12.1 Å².